The van der Waals surface area contributed by atoms with Crippen LogP contribution in [0.4, 0.5) is 0 Å². The van der Waals surface area contributed by atoms with Gasteiger partial charge in [0.1, 0.15) is 0 Å². The van der Waals surface area contributed by atoms with Gasteiger partial charge >= 0.3 is 0 Å². The molecule has 1 unspecified atom stereocenters. The Morgan fingerprint density at radius 2 is 1.88 bits per heavy atom. The summed E-state index contributed by atoms with van der Waals surface area (Å²) in [6.45, 7) is 6.41. The third-order valence-electron chi connectivity index (χ3n) is 5.54. The number of rotatable bonds is 11. The van der Waals surface area contributed by atoms with E-state index >= 15 is 0 Å². The summed E-state index contributed by atoms with van der Waals surface area (Å²) in [6.07, 6.45) is 10.3. The summed E-state index contributed by atoms with van der Waals surface area (Å²) >= 11 is 0. The molecule has 0 amide bonds. The molecular weight excluding hydrogens is 328 g/mol. The molecule has 2 aliphatic rings. The fourth-order valence-electron chi connectivity index (χ4n) is 3.81. The monoisotopic (exact) mass is 368 g/mol. The highest BCUT2D eigenvalue weighted by Gasteiger charge is 2.17. The van der Waals surface area contributed by atoms with E-state index in [4.69, 9.17) is 9.47 Å². The van der Waals surface area contributed by atoms with Crippen LogP contribution in [0.3, 0.4) is 0 Å². The second kappa shape index (κ2) is 13.3. The average Bonchev–Trinajstić information content (AvgIpc) is 3.20. The maximum absolute atomic E-state index is 5.73. The second-order valence-electron chi connectivity index (χ2n) is 7.71. The molecule has 1 aliphatic heterocycles. The molecule has 6 nitrogen and oxygen atoms in total. The molecule has 0 aromatic carbocycles. The summed E-state index contributed by atoms with van der Waals surface area (Å²) in [7, 11) is 4.11. The van der Waals surface area contributed by atoms with E-state index in [2.05, 4.69) is 27.6 Å². The van der Waals surface area contributed by atoms with Crippen LogP contribution in [0.1, 0.15) is 51.4 Å². The van der Waals surface area contributed by atoms with Crippen molar-refractivity contribution in [2.75, 3.05) is 60.2 Å². The highest BCUT2D eigenvalue weighted by Crippen LogP contribution is 2.21. The summed E-state index contributed by atoms with van der Waals surface area (Å²) in [5.41, 5.74) is 0. The zero-order chi connectivity index (χ0) is 18.5. The fraction of sp³-hybridized carbons (Fsp3) is 0.950. The molecule has 2 fully saturated rings. The Morgan fingerprint density at radius 3 is 2.58 bits per heavy atom. The van der Waals surface area contributed by atoms with Crippen molar-refractivity contribution in [3.63, 3.8) is 0 Å². The number of nitrogens with zero attached hydrogens (tertiary/aromatic N) is 2. The van der Waals surface area contributed by atoms with E-state index < -0.39 is 0 Å². The smallest absolute Gasteiger partial charge is 0.190 e. The summed E-state index contributed by atoms with van der Waals surface area (Å²) in [5, 5.41) is 6.79. The molecule has 0 radical (unpaired) electrons. The molecule has 1 saturated carbocycles. The van der Waals surface area contributed by atoms with Crippen LogP contribution in [0.25, 0.3) is 0 Å². The van der Waals surface area contributed by atoms with Crippen molar-refractivity contribution >= 4 is 5.96 Å². The fourth-order valence-corrected chi connectivity index (χ4v) is 3.81. The van der Waals surface area contributed by atoms with E-state index in [1.165, 1.54) is 32.1 Å². The lowest BCUT2D eigenvalue weighted by atomic mass is 9.94. The Hall–Kier alpha value is -0.850. The minimum Gasteiger partial charge on any atom is -0.381 e. The SMILES string of the molecule is CN=C(NCCCOCC1CCOC1)NCCCN(C)C1CCCCC1. The molecule has 0 bridgehead atoms. The van der Waals surface area contributed by atoms with Crippen LogP contribution in [0.2, 0.25) is 0 Å². The molecule has 1 aliphatic carbocycles. The first kappa shape index (κ1) is 21.5. The van der Waals surface area contributed by atoms with Crippen LogP contribution in [-0.4, -0.2) is 77.1 Å². The van der Waals surface area contributed by atoms with Crippen molar-refractivity contribution in [3.05, 3.63) is 0 Å². The number of nitrogens with one attached hydrogen (secondary N) is 2. The Labute approximate surface area is 160 Å². The molecule has 0 aromatic rings. The average molecular weight is 369 g/mol. The number of aliphatic imine (C=N–C) groups is 1. The van der Waals surface area contributed by atoms with Gasteiger partial charge in [0, 0.05) is 45.3 Å². The van der Waals surface area contributed by atoms with Crippen LogP contribution >= 0.6 is 0 Å². The van der Waals surface area contributed by atoms with Crippen LogP contribution < -0.4 is 10.6 Å². The van der Waals surface area contributed by atoms with E-state index in [0.717, 1.165) is 77.3 Å². The standard InChI is InChI=1S/C20H40N4O2/c1-21-20(23-12-7-14-25-16-18-10-15-26-17-18)22-11-6-13-24(2)19-8-4-3-5-9-19/h18-19H,3-17H2,1-2H3,(H2,21,22,23). The predicted octanol–water partition coefficient (Wildman–Crippen LogP) is 2.25. The first-order valence-electron chi connectivity index (χ1n) is 10.6. The van der Waals surface area contributed by atoms with Crippen LogP contribution in [0, 0.1) is 5.92 Å². The molecule has 152 valence electrons. The highest BCUT2D eigenvalue weighted by atomic mass is 16.5. The molecular formula is C20H40N4O2. The van der Waals surface area contributed by atoms with Crippen molar-refractivity contribution < 1.29 is 9.47 Å². The lowest BCUT2D eigenvalue weighted by Crippen LogP contribution is -2.40. The Kier molecular flexibility index (Phi) is 11.0. The molecule has 26 heavy (non-hydrogen) atoms. The molecule has 1 saturated heterocycles. The summed E-state index contributed by atoms with van der Waals surface area (Å²) < 4.78 is 11.1. The summed E-state index contributed by atoms with van der Waals surface area (Å²) in [6, 6.07) is 0.803. The number of hydrogen-bond donors (Lipinski definition) is 2. The minimum atomic E-state index is 0.601. The van der Waals surface area contributed by atoms with Gasteiger partial charge in [0.2, 0.25) is 0 Å². The van der Waals surface area contributed by atoms with Gasteiger partial charge in [-0.1, -0.05) is 19.3 Å². The van der Waals surface area contributed by atoms with Gasteiger partial charge in [-0.2, -0.15) is 0 Å². The van der Waals surface area contributed by atoms with E-state index in [-0.39, 0.29) is 0 Å². The summed E-state index contributed by atoms with van der Waals surface area (Å²) in [4.78, 5) is 6.84. The van der Waals surface area contributed by atoms with Gasteiger partial charge in [-0.15, -0.1) is 0 Å². The third kappa shape index (κ3) is 8.69. The van der Waals surface area contributed by atoms with E-state index in [1.54, 1.807) is 0 Å². The molecule has 1 heterocycles. The topological polar surface area (TPSA) is 58.1 Å². The largest absolute Gasteiger partial charge is 0.381 e. The minimum absolute atomic E-state index is 0.601. The van der Waals surface area contributed by atoms with Gasteiger partial charge in [-0.05, 0) is 45.7 Å². The van der Waals surface area contributed by atoms with Gasteiger partial charge in [-0.3, -0.25) is 4.99 Å². The number of hydrogen-bond acceptors (Lipinski definition) is 4. The summed E-state index contributed by atoms with van der Waals surface area (Å²) in [5.74, 6) is 1.50. The Morgan fingerprint density at radius 1 is 1.12 bits per heavy atom. The zero-order valence-corrected chi connectivity index (χ0v) is 17.0. The quantitative estimate of drug-likeness (QED) is 0.333. The van der Waals surface area contributed by atoms with E-state index in [1.807, 2.05) is 7.05 Å². The first-order chi connectivity index (χ1) is 12.8. The van der Waals surface area contributed by atoms with Gasteiger partial charge in [0.25, 0.3) is 0 Å². The predicted molar refractivity (Wildman–Crippen MR) is 108 cm³/mol. The molecule has 6 heteroatoms. The molecule has 2 N–H and O–H groups in total. The lowest BCUT2D eigenvalue weighted by molar-refractivity contribution is 0.0888. The maximum Gasteiger partial charge on any atom is 0.190 e. The molecule has 0 aromatic heterocycles. The van der Waals surface area contributed by atoms with E-state index in [9.17, 15) is 0 Å². The Bertz CT molecular complexity index is 380. The van der Waals surface area contributed by atoms with E-state index in [0.29, 0.717) is 5.92 Å². The number of guanidine groups is 1. The van der Waals surface area contributed by atoms with Crippen molar-refractivity contribution in [1.82, 2.24) is 15.5 Å². The third-order valence-corrected chi connectivity index (χ3v) is 5.54. The van der Waals surface area contributed by atoms with Gasteiger partial charge in [0.05, 0.1) is 13.2 Å². The molecule has 2 rings (SSSR count). The van der Waals surface area contributed by atoms with Crippen LogP contribution in [0.15, 0.2) is 4.99 Å². The first-order valence-corrected chi connectivity index (χ1v) is 10.6. The highest BCUT2D eigenvalue weighted by molar-refractivity contribution is 5.79. The lowest BCUT2D eigenvalue weighted by Gasteiger charge is -2.31. The number of ether oxygens (including phenoxy) is 2. The van der Waals surface area contributed by atoms with Crippen LogP contribution in [-0.2, 0) is 9.47 Å². The van der Waals surface area contributed by atoms with Crippen molar-refractivity contribution in [3.8, 4) is 0 Å². The zero-order valence-electron chi connectivity index (χ0n) is 17.0. The van der Waals surface area contributed by atoms with Crippen molar-refractivity contribution in [2.24, 2.45) is 10.9 Å². The van der Waals surface area contributed by atoms with Gasteiger partial charge < -0.3 is 25.0 Å². The molecule has 1 atom stereocenters. The van der Waals surface area contributed by atoms with Crippen molar-refractivity contribution in [2.45, 2.75) is 57.4 Å². The van der Waals surface area contributed by atoms with Gasteiger partial charge in [0.15, 0.2) is 5.96 Å². The maximum atomic E-state index is 5.73. The molecule has 0 spiro atoms. The Balaban J connectivity index is 1.43. The van der Waals surface area contributed by atoms with Crippen molar-refractivity contribution in [1.29, 1.82) is 0 Å². The van der Waals surface area contributed by atoms with Crippen LogP contribution in [0.5, 0.6) is 0 Å². The normalized spacial score (nSPS) is 22.1. The second-order valence-corrected chi connectivity index (χ2v) is 7.71. The van der Waals surface area contributed by atoms with Gasteiger partial charge in [-0.25, -0.2) is 0 Å².